The van der Waals surface area contributed by atoms with Crippen LogP contribution >= 0.6 is 11.3 Å². The molecule has 0 bridgehead atoms. The van der Waals surface area contributed by atoms with E-state index < -0.39 is 11.7 Å². The maximum atomic E-state index is 13.2. The van der Waals surface area contributed by atoms with Gasteiger partial charge in [-0.25, -0.2) is 9.67 Å². The molecule has 1 N–H and O–H groups in total. The molecule has 158 valence electrons. The predicted octanol–water partition coefficient (Wildman–Crippen LogP) is 4.43. The van der Waals surface area contributed by atoms with Crippen molar-refractivity contribution in [3.05, 3.63) is 58.3 Å². The van der Waals surface area contributed by atoms with Crippen molar-refractivity contribution in [3.63, 3.8) is 0 Å². The van der Waals surface area contributed by atoms with Gasteiger partial charge in [0.15, 0.2) is 0 Å². The van der Waals surface area contributed by atoms with Crippen LogP contribution in [0.25, 0.3) is 5.69 Å². The molecule has 2 aromatic heterocycles. The van der Waals surface area contributed by atoms with Crippen LogP contribution in [-0.4, -0.2) is 38.7 Å². The highest BCUT2D eigenvalue weighted by molar-refractivity contribution is 7.12. The largest absolute Gasteiger partial charge is 0.416 e. The maximum absolute atomic E-state index is 13.2. The fourth-order valence-corrected chi connectivity index (χ4v) is 4.74. The Balaban J connectivity index is 1.54. The second-order valence-corrected chi connectivity index (χ2v) is 8.51. The quantitative estimate of drug-likeness (QED) is 0.644. The van der Waals surface area contributed by atoms with Crippen LogP contribution in [0.5, 0.6) is 0 Å². The number of hydrogen-bond donors (Lipinski definition) is 1. The Morgan fingerprint density at radius 1 is 1.30 bits per heavy atom. The van der Waals surface area contributed by atoms with E-state index >= 15 is 0 Å². The minimum atomic E-state index is -4.52. The van der Waals surface area contributed by atoms with E-state index in [0.717, 1.165) is 31.5 Å². The van der Waals surface area contributed by atoms with E-state index in [1.807, 2.05) is 6.92 Å². The molecule has 0 spiro atoms. The fraction of sp³-hybridized carbons (Fsp3) is 0.350. The number of carbonyl (C=O) groups excluding carboxylic acids is 1. The molecule has 1 amide bonds. The van der Waals surface area contributed by atoms with Crippen LogP contribution in [0, 0.1) is 6.92 Å². The Morgan fingerprint density at radius 3 is 2.80 bits per heavy atom. The van der Waals surface area contributed by atoms with Gasteiger partial charge >= 0.3 is 6.18 Å². The number of carbonyl (C=O) groups is 1. The first-order chi connectivity index (χ1) is 14.3. The molecule has 1 aliphatic rings. The predicted molar refractivity (Wildman–Crippen MR) is 108 cm³/mol. The van der Waals surface area contributed by atoms with Gasteiger partial charge in [0.1, 0.15) is 12.7 Å². The summed E-state index contributed by atoms with van der Waals surface area (Å²) in [5, 5.41) is 6.62. The molecule has 30 heavy (non-hydrogen) atoms. The van der Waals surface area contributed by atoms with Crippen LogP contribution in [0.4, 0.5) is 18.9 Å². The zero-order chi connectivity index (χ0) is 21.3. The summed E-state index contributed by atoms with van der Waals surface area (Å²) < 4.78 is 40.9. The highest BCUT2D eigenvalue weighted by atomic mass is 32.1. The van der Waals surface area contributed by atoms with Gasteiger partial charge in [0.2, 0.25) is 5.91 Å². The molecule has 1 fully saturated rings. The Kier molecular flexibility index (Phi) is 5.61. The molecule has 0 saturated carbocycles. The maximum Gasteiger partial charge on any atom is 0.416 e. The molecule has 3 heterocycles. The van der Waals surface area contributed by atoms with Crippen molar-refractivity contribution >= 4 is 22.9 Å². The first kappa shape index (κ1) is 20.5. The Labute approximate surface area is 175 Å². The van der Waals surface area contributed by atoms with Gasteiger partial charge in [-0.3, -0.25) is 9.69 Å². The lowest BCUT2D eigenvalue weighted by atomic mass is 10.1. The second-order valence-electron chi connectivity index (χ2n) is 7.19. The summed E-state index contributed by atoms with van der Waals surface area (Å²) in [4.78, 5) is 21.1. The standard InChI is InChI=1S/C20H20F3N5OS/c1-13-4-7-18(30-13)17-3-2-8-27(17)10-19(29)26-15-9-14(20(21,22)23)5-6-16(15)28-12-24-11-25-28/h4-7,9,11-12,17H,2-3,8,10H2,1H3,(H,26,29). The third kappa shape index (κ3) is 4.39. The van der Waals surface area contributed by atoms with Crippen molar-refractivity contribution in [2.24, 2.45) is 0 Å². The lowest BCUT2D eigenvalue weighted by Gasteiger charge is -2.23. The number of amides is 1. The molecular formula is C20H20F3N5OS. The molecule has 6 nitrogen and oxygen atoms in total. The molecule has 1 unspecified atom stereocenters. The number of nitrogens with zero attached hydrogens (tertiary/aromatic N) is 4. The van der Waals surface area contributed by atoms with Crippen molar-refractivity contribution < 1.29 is 18.0 Å². The normalized spacial score (nSPS) is 17.4. The van der Waals surface area contributed by atoms with Gasteiger partial charge in [0, 0.05) is 15.8 Å². The second kappa shape index (κ2) is 8.19. The number of rotatable bonds is 5. The first-order valence-electron chi connectivity index (χ1n) is 9.48. The number of hydrogen-bond acceptors (Lipinski definition) is 5. The smallest absolute Gasteiger partial charge is 0.323 e. The van der Waals surface area contributed by atoms with Crippen LogP contribution in [0.1, 0.15) is 34.2 Å². The molecule has 0 radical (unpaired) electrons. The van der Waals surface area contributed by atoms with Crippen molar-refractivity contribution in [2.75, 3.05) is 18.4 Å². The van der Waals surface area contributed by atoms with Crippen molar-refractivity contribution in [2.45, 2.75) is 32.0 Å². The number of likely N-dealkylation sites (tertiary alicyclic amines) is 1. The van der Waals surface area contributed by atoms with Gasteiger partial charge in [-0.05, 0) is 56.6 Å². The Bertz CT molecular complexity index is 1030. The van der Waals surface area contributed by atoms with Gasteiger partial charge in [0.05, 0.1) is 23.5 Å². The third-order valence-corrected chi connectivity index (χ3v) is 6.17. The van der Waals surface area contributed by atoms with Crippen LogP contribution in [0.15, 0.2) is 43.0 Å². The third-order valence-electron chi connectivity index (χ3n) is 5.06. The monoisotopic (exact) mass is 435 g/mol. The molecule has 3 aromatic rings. The Hall–Kier alpha value is -2.72. The topological polar surface area (TPSA) is 63.1 Å². The van der Waals surface area contributed by atoms with Crippen LogP contribution in [0.2, 0.25) is 0 Å². The number of nitrogens with one attached hydrogen (secondary N) is 1. The van der Waals surface area contributed by atoms with Gasteiger partial charge in [-0.15, -0.1) is 11.3 Å². The van der Waals surface area contributed by atoms with E-state index in [9.17, 15) is 18.0 Å². The van der Waals surface area contributed by atoms with E-state index in [2.05, 4.69) is 32.4 Å². The summed E-state index contributed by atoms with van der Waals surface area (Å²) in [5.41, 5.74) is -0.474. The average molecular weight is 435 g/mol. The number of halogens is 3. The van der Waals surface area contributed by atoms with Gasteiger partial charge in [-0.2, -0.15) is 18.3 Å². The lowest BCUT2D eigenvalue weighted by Crippen LogP contribution is -2.33. The molecule has 1 aliphatic heterocycles. The summed E-state index contributed by atoms with van der Waals surface area (Å²) in [5.74, 6) is -0.365. The minimum absolute atomic E-state index is 0.0445. The van der Waals surface area contributed by atoms with E-state index in [1.165, 1.54) is 33.2 Å². The van der Waals surface area contributed by atoms with Crippen LogP contribution in [-0.2, 0) is 11.0 Å². The fourth-order valence-electron chi connectivity index (χ4n) is 3.69. The van der Waals surface area contributed by atoms with E-state index in [0.29, 0.717) is 5.69 Å². The number of benzene rings is 1. The zero-order valence-electron chi connectivity index (χ0n) is 16.2. The van der Waals surface area contributed by atoms with E-state index in [1.54, 1.807) is 11.3 Å². The van der Waals surface area contributed by atoms with E-state index in [-0.39, 0.29) is 24.2 Å². The van der Waals surface area contributed by atoms with Gasteiger partial charge < -0.3 is 5.32 Å². The Morgan fingerprint density at radius 2 is 2.13 bits per heavy atom. The first-order valence-corrected chi connectivity index (χ1v) is 10.3. The molecule has 10 heteroatoms. The molecular weight excluding hydrogens is 415 g/mol. The van der Waals surface area contributed by atoms with E-state index in [4.69, 9.17) is 0 Å². The van der Waals surface area contributed by atoms with Gasteiger partial charge in [-0.1, -0.05) is 0 Å². The minimum Gasteiger partial charge on any atom is -0.323 e. The number of alkyl halides is 3. The number of thiophene rings is 1. The summed E-state index contributed by atoms with van der Waals surface area (Å²) in [6, 6.07) is 7.47. The SMILES string of the molecule is Cc1ccc(C2CCCN2CC(=O)Nc2cc(C(F)(F)F)ccc2-n2cncn2)s1. The average Bonchev–Trinajstić information content (AvgIpc) is 3.42. The summed E-state index contributed by atoms with van der Waals surface area (Å²) in [6.07, 6.45) is 0.0656. The number of aryl methyl sites for hydroxylation is 1. The number of anilines is 1. The van der Waals surface area contributed by atoms with Crippen molar-refractivity contribution in [1.82, 2.24) is 19.7 Å². The molecule has 1 saturated heterocycles. The van der Waals surface area contributed by atoms with Crippen molar-refractivity contribution in [3.8, 4) is 5.69 Å². The molecule has 1 aromatic carbocycles. The molecule has 0 aliphatic carbocycles. The lowest BCUT2D eigenvalue weighted by molar-refractivity contribution is -0.137. The summed E-state index contributed by atoms with van der Waals surface area (Å²) >= 11 is 1.71. The van der Waals surface area contributed by atoms with Crippen LogP contribution in [0.3, 0.4) is 0 Å². The molecule has 4 rings (SSSR count). The summed E-state index contributed by atoms with van der Waals surface area (Å²) in [6.45, 7) is 2.92. The zero-order valence-corrected chi connectivity index (χ0v) is 17.0. The highest BCUT2D eigenvalue weighted by Crippen LogP contribution is 2.36. The highest BCUT2D eigenvalue weighted by Gasteiger charge is 2.32. The van der Waals surface area contributed by atoms with Crippen LogP contribution < -0.4 is 5.32 Å². The number of aromatic nitrogens is 3. The van der Waals surface area contributed by atoms with Gasteiger partial charge in [0.25, 0.3) is 0 Å². The summed E-state index contributed by atoms with van der Waals surface area (Å²) in [7, 11) is 0. The molecule has 1 atom stereocenters. The van der Waals surface area contributed by atoms with Crippen molar-refractivity contribution in [1.29, 1.82) is 0 Å².